The Balaban J connectivity index is 1.41. The Morgan fingerprint density at radius 3 is 2.56 bits per heavy atom. The van der Waals surface area contributed by atoms with Crippen molar-refractivity contribution in [3.05, 3.63) is 107 Å². The lowest BCUT2D eigenvalue weighted by Crippen LogP contribution is -2.31. The van der Waals surface area contributed by atoms with Gasteiger partial charge in [0, 0.05) is 34.9 Å². The van der Waals surface area contributed by atoms with Gasteiger partial charge in [0.2, 0.25) is 0 Å². The number of hydrogen-bond acceptors (Lipinski definition) is 4. The highest BCUT2D eigenvalue weighted by Gasteiger charge is 2.26. The van der Waals surface area contributed by atoms with Crippen molar-refractivity contribution in [1.82, 2.24) is 9.55 Å². The number of nitrogens with zero attached hydrogens (tertiary/aromatic N) is 3. The predicted octanol–water partition coefficient (Wildman–Crippen LogP) is 4.66. The zero-order chi connectivity index (χ0) is 23.7. The number of hydrogen-bond donors (Lipinski definition) is 1. The number of aromatic nitrogens is 2. The average Bonchev–Trinajstić information content (AvgIpc) is 3.23. The number of carbonyl (C=O) groups is 2. The van der Waals surface area contributed by atoms with Crippen LogP contribution in [0.3, 0.4) is 0 Å². The second-order valence-electron chi connectivity index (χ2n) is 8.20. The van der Waals surface area contributed by atoms with E-state index < -0.39 is 0 Å². The lowest BCUT2D eigenvalue weighted by atomic mass is 10.1. The molecule has 0 radical (unpaired) electrons. The molecule has 2 heterocycles. The summed E-state index contributed by atoms with van der Waals surface area (Å²) in [7, 11) is 1.63. The van der Waals surface area contributed by atoms with Crippen molar-refractivity contribution >= 4 is 23.2 Å². The topological polar surface area (TPSA) is 76.5 Å². The van der Waals surface area contributed by atoms with E-state index in [9.17, 15) is 9.59 Å². The number of aryl methyl sites for hydroxylation is 1. The van der Waals surface area contributed by atoms with E-state index in [4.69, 9.17) is 4.74 Å². The fourth-order valence-corrected chi connectivity index (χ4v) is 4.18. The summed E-state index contributed by atoms with van der Waals surface area (Å²) >= 11 is 0. The van der Waals surface area contributed by atoms with Crippen LogP contribution < -0.4 is 15.0 Å². The Morgan fingerprint density at radius 1 is 1.00 bits per heavy atom. The second kappa shape index (κ2) is 8.86. The number of anilines is 2. The van der Waals surface area contributed by atoms with Crippen molar-refractivity contribution in [2.75, 3.05) is 17.3 Å². The number of rotatable bonds is 4. The number of fused-ring (bicyclic) bond motifs is 2. The number of carbonyl (C=O) groups excluding carboxylic acids is 2. The first-order chi connectivity index (χ1) is 16.5. The molecule has 7 nitrogen and oxygen atoms in total. The molecule has 3 aromatic carbocycles. The van der Waals surface area contributed by atoms with Gasteiger partial charge in [0.25, 0.3) is 11.8 Å². The quantitative estimate of drug-likeness (QED) is 0.489. The number of benzene rings is 3. The van der Waals surface area contributed by atoms with Crippen molar-refractivity contribution in [2.24, 2.45) is 0 Å². The predicted molar refractivity (Wildman–Crippen MR) is 130 cm³/mol. The van der Waals surface area contributed by atoms with Crippen LogP contribution in [-0.4, -0.2) is 28.5 Å². The molecular weight excluding hydrogens is 428 g/mol. The molecule has 0 fully saturated rings. The summed E-state index contributed by atoms with van der Waals surface area (Å²) in [5.74, 6) is 1.23. The fourth-order valence-electron chi connectivity index (χ4n) is 4.18. The van der Waals surface area contributed by atoms with Crippen LogP contribution >= 0.6 is 0 Å². The Hall–Kier alpha value is -4.39. The summed E-state index contributed by atoms with van der Waals surface area (Å²) in [5, 5.41) is 2.90. The van der Waals surface area contributed by atoms with Gasteiger partial charge < -0.3 is 19.5 Å². The largest absolute Gasteiger partial charge is 0.497 e. The Kier molecular flexibility index (Phi) is 5.59. The van der Waals surface area contributed by atoms with Gasteiger partial charge in [-0.1, -0.05) is 18.2 Å². The number of imidazole rings is 1. The van der Waals surface area contributed by atoms with E-state index >= 15 is 0 Å². The van der Waals surface area contributed by atoms with Crippen LogP contribution in [0.25, 0.3) is 0 Å². The van der Waals surface area contributed by atoms with Gasteiger partial charge in [0.05, 0.1) is 20.2 Å². The summed E-state index contributed by atoms with van der Waals surface area (Å²) in [6.45, 7) is 2.86. The van der Waals surface area contributed by atoms with Gasteiger partial charge in [-0.05, 0) is 66.6 Å². The smallest absolute Gasteiger partial charge is 0.258 e. The average molecular weight is 453 g/mol. The van der Waals surface area contributed by atoms with E-state index in [1.54, 1.807) is 48.5 Å². The number of methoxy groups -OCH3 is 1. The van der Waals surface area contributed by atoms with Gasteiger partial charge in [-0.25, -0.2) is 4.98 Å². The minimum Gasteiger partial charge on any atom is -0.497 e. The first-order valence-electron chi connectivity index (χ1n) is 11.0. The molecule has 5 rings (SSSR count). The zero-order valence-corrected chi connectivity index (χ0v) is 19.0. The first-order valence-corrected chi connectivity index (χ1v) is 11.0. The van der Waals surface area contributed by atoms with Crippen molar-refractivity contribution in [1.29, 1.82) is 0 Å². The van der Waals surface area contributed by atoms with Crippen LogP contribution in [0.4, 0.5) is 11.4 Å². The number of ether oxygens (including phenoxy) is 1. The summed E-state index contributed by atoms with van der Waals surface area (Å²) in [4.78, 5) is 32.4. The van der Waals surface area contributed by atoms with Gasteiger partial charge in [0.15, 0.2) is 0 Å². The molecule has 0 spiro atoms. The molecule has 1 aliphatic heterocycles. The summed E-state index contributed by atoms with van der Waals surface area (Å²) in [5.41, 5.74) is 4.48. The third-order valence-corrected chi connectivity index (χ3v) is 6.04. The van der Waals surface area contributed by atoms with E-state index in [-0.39, 0.29) is 11.8 Å². The number of amides is 2. The fraction of sp³-hybridized carbons (Fsp3) is 0.148. The molecule has 0 aliphatic carbocycles. The highest BCUT2D eigenvalue weighted by Crippen LogP contribution is 2.31. The molecule has 1 aliphatic rings. The Labute approximate surface area is 197 Å². The summed E-state index contributed by atoms with van der Waals surface area (Å²) < 4.78 is 7.43. The molecule has 7 heteroatoms. The van der Waals surface area contributed by atoms with Crippen LogP contribution in [0.5, 0.6) is 5.75 Å². The van der Waals surface area contributed by atoms with Crippen LogP contribution in [0.15, 0.2) is 79.1 Å². The third-order valence-electron chi connectivity index (χ3n) is 6.04. The van der Waals surface area contributed by atoms with E-state index in [2.05, 4.69) is 10.3 Å². The first kappa shape index (κ1) is 21.5. The monoisotopic (exact) mass is 452 g/mol. The van der Waals surface area contributed by atoms with Crippen LogP contribution in [-0.2, 0) is 13.1 Å². The van der Waals surface area contributed by atoms with Gasteiger partial charge >= 0.3 is 0 Å². The second-order valence-corrected chi connectivity index (χ2v) is 8.20. The standard InChI is InChI=1S/C27H24N4O3/c1-18-5-3-4-6-23(18)26(32)29-21-9-7-19(8-10-21)27(33)31-17-25-28-13-14-30(25)16-20-15-22(34-2)11-12-24(20)31/h3-15H,16-17H2,1-2H3,(H,29,32). The molecular formula is C27H24N4O3. The molecule has 0 bridgehead atoms. The van der Waals surface area contributed by atoms with E-state index in [0.717, 1.165) is 28.4 Å². The van der Waals surface area contributed by atoms with Gasteiger partial charge in [-0.15, -0.1) is 0 Å². The SMILES string of the molecule is COc1ccc2c(c1)Cn1ccnc1CN2C(=O)c1ccc(NC(=O)c2ccccc2C)cc1. The van der Waals surface area contributed by atoms with Crippen LogP contribution in [0, 0.1) is 6.92 Å². The zero-order valence-electron chi connectivity index (χ0n) is 19.0. The van der Waals surface area contributed by atoms with E-state index in [0.29, 0.717) is 29.9 Å². The molecule has 0 saturated carbocycles. The van der Waals surface area contributed by atoms with Crippen LogP contribution in [0.1, 0.15) is 37.7 Å². The van der Waals surface area contributed by atoms with Crippen molar-refractivity contribution in [3.8, 4) is 5.75 Å². The minimum atomic E-state index is -0.181. The van der Waals surface area contributed by atoms with Crippen molar-refractivity contribution in [3.63, 3.8) is 0 Å². The van der Waals surface area contributed by atoms with Gasteiger partial charge in [-0.2, -0.15) is 0 Å². The normalized spacial score (nSPS) is 12.4. The van der Waals surface area contributed by atoms with Gasteiger partial charge in [-0.3, -0.25) is 9.59 Å². The Morgan fingerprint density at radius 2 is 1.79 bits per heavy atom. The third kappa shape index (κ3) is 4.03. The lowest BCUT2D eigenvalue weighted by Gasteiger charge is -2.23. The highest BCUT2D eigenvalue weighted by molar-refractivity contribution is 6.08. The lowest BCUT2D eigenvalue weighted by molar-refractivity contribution is 0.0983. The van der Waals surface area contributed by atoms with E-state index in [1.807, 2.05) is 54.1 Å². The molecule has 34 heavy (non-hydrogen) atoms. The van der Waals surface area contributed by atoms with Gasteiger partial charge in [0.1, 0.15) is 11.6 Å². The Bertz CT molecular complexity index is 1370. The molecule has 4 aromatic rings. The van der Waals surface area contributed by atoms with Crippen LogP contribution in [0.2, 0.25) is 0 Å². The summed E-state index contributed by atoms with van der Waals surface area (Å²) in [6.07, 6.45) is 3.66. The highest BCUT2D eigenvalue weighted by atomic mass is 16.5. The molecule has 170 valence electrons. The summed E-state index contributed by atoms with van der Waals surface area (Å²) in [6, 6.07) is 20.1. The maximum absolute atomic E-state index is 13.6. The minimum absolute atomic E-state index is 0.139. The maximum Gasteiger partial charge on any atom is 0.258 e. The van der Waals surface area contributed by atoms with Crippen molar-refractivity contribution < 1.29 is 14.3 Å². The van der Waals surface area contributed by atoms with E-state index in [1.165, 1.54) is 0 Å². The molecule has 2 amide bonds. The molecule has 0 atom stereocenters. The van der Waals surface area contributed by atoms with Crippen molar-refractivity contribution in [2.45, 2.75) is 20.0 Å². The molecule has 0 unspecified atom stereocenters. The molecule has 0 saturated heterocycles. The molecule has 1 aromatic heterocycles. The number of nitrogens with one attached hydrogen (secondary N) is 1. The maximum atomic E-state index is 13.6. The molecule has 1 N–H and O–H groups in total.